The van der Waals surface area contributed by atoms with Gasteiger partial charge in [-0.2, -0.15) is 0 Å². The van der Waals surface area contributed by atoms with Crippen LogP contribution in [0.2, 0.25) is 0 Å². The van der Waals surface area contributed by atoms with Crippen LogP contribution in [0.15, 0.2) is 51.0 Å². The van der Waals surface area contributed by atoms with E-state index in [1.165, 1.54) is 4.57 Å². The molecule has 1 aliphatic heterocycles. The van der Waals surface area contributed by atoms with Gasteiger partial charge in [-0.1, -0.05) is 18.6 Å². The summed E-state index contributed by atoms with van der Waals surface area (Å²) >= 11 is 0. The van der Waals surface area contributed by atoms with Crippen LogP contribution >= 0.6 is 0 Å². The second-order valence-electron chi connectivity index (χ2n) is 10.5. The number of aryl methyl sites for hydroxylation is 4. The Morgan fingerprint density at radius 1 is 0.872 bits per heavy atom. The number of benzene rings is 2. The highest BCUT2D eigenvalue weighted by molar-refractivity contribution is 5.99. The maximum atomic E-state index is 13.4. The van der Waals surface area contributed by atoms with Gasteiger partial charge in [-0.25, -0.2) is 19.6 Å². The second kappa shape index (κ2) is 9.52. The topological polar surface area (TPSA) is 99.9 Å². The van der Waals surface area contributed by atoms with Crippen LogP contribution in [0.25, 0.3) is 32.8 Å². The molecule has 39 heavy (non-hydrogen) atoms. The Morgan fingerprint density at radius 2 is 1.62 bits per heavy atom. The molecule has 0 radical (unpaired) electrons. The maximum Gasteiger partial charge on any atom is 0.331 e. The summed E-state index contributed by atoms with van der Waals surface area (Å²) in [4.78, 5) is 51.1. The summed E-state index contributed by atoms with van der Waals surface area (Å²) in [6.45, 7) is 8.53. The standard InChI is InChI=1S/C29H33N7O3/c1-5-11-35-24-15-20-22(16-25(24)34(6-2)29(35)39)30-17-31-26(20)33-12-9-19(10-13-33)36-27(37)21-14-18(3)7-8-23(21)32(4)28(36)38/h7-8,14-17,19H,5-6,9-13H2,1-4H3. The minimum absolute atomic E-state index is 0.00224. The Kier molecular flexibility index (Phi) is 6.12. The predicted octanol–water partition coefficient (Wildman–Crippen LogP) is 3.34. The van der Waals surface area contributed by atoms with Gasteiger partial charge in [0.2, 0.25) is 0 Å². The van der Waals surface area contributed by atoms with Gasteiger partial charge in [-0.15, -0.1) is 0 Å². The first-order valence-electron chi connectivity index (χ1n) is 13.7. The van der Waals surface area contributed by atoms with Crippen LogP contribution in [-0.2, 0) is 20.1 Å². The van der Waals surface area contributed by atoms with E-state index in [9.17, 15) is 14.4 Å². The summed E-state index contributed by atoms with van der Waals surface area (Å²) in [6.07, 6.45) is 3.72. The van der Waals surface area contributed by atoms with Gasteiger partial charge in [0.1, 0.15) is 12.1 Å². The minimum atomic E-state index is -0.279. The first-order valence-corrected chi connectivity index (χ1v) is 13.7. The molecule has 1 aliphatic rings. The summed E-state index contributed by atoms with van der Waals surface area (Å²) in [6, 6.07) is 9.46. The molecule has 10 heteroatoms. The third kappa shape index (κ3) is 3.88. The Bertz CT molecular complexity index is 1920. The van der Waals surface area contributed by atoms with Crippen LogP contribution in [-0.4, -0.2) is 41.3 Å². The van der Waals surface area contributed by atoms with Gasteiger partial charge in [0.15, 0.2) is 0 Å². The molecule has 3 aromatic heterocycles. The second-order valence-corrected chi connectivity index (χ2v) is 10.5. The van der Waals surface area contributed by atoms with E-state index in [0.717, 1.165) is 39.7 Å². The van der Waals surface area contributed by atoms with E-state index in [0.29, 0.717) is 49.9 Å². The minimum Gasteiger partial charge on any atom is -0.356 e. The van der Waals surface area contributed by atoms with Crippen LogP contribution in [0.3, 0.4) is 0 Å². The van der Waals surface area contributed by atoms with Gasteiger partial charge in [0, 0.05) is 44.7 Å². The lowest BCUT2D eigenvalue weighted by Gasteiger charge is -2.34. The normalized spacial score (nSPS) is 14.7. The summed E-state index contributed by atoms with van der Waals surface area (Å²) in [5.74, 6) is 0.814. The third-order valence-corrected chi connectivity index (χ3v) is 8.10. The average Bonchev–Trinajstić information content (AvgIpc) is 3.20. The molecule has 1 fully saturated rings. The van der Waals surface area contributed by atoms with E-state index in [4.69, 9.17) is 0 Å². The molecule has 4 heterocycles. The summed E-state index contributed by atoms with van der Waals surface area (Å²) in [7, 11) is 1.72. The summed E-state index contributed by atoms with van der Waals surface area (Å²) in [5, 5.41) is 1.47. The van der Waals surface area contributed by atoms with Gasteiger partial charge >= 0.3 is 11.4 Å². The zero-order valence-corrected chi connectivity index (χ0v) is 22.8. The van der Waals surface area contributed by atoms with E-state index in [1.54, 1.807) is 22.5 Å². The van der Waals surface area contributed by atoms with Crippen LogP contribution in [0.1, 0.15) is 44.7 Å². The average molecular weight is 528 g/mol. The van der Waals surface area contributed by atoms with Gasteiger partial charge in [0.05, 0.1) is 27.5 Å². The molecule has 6 rings (SSSR count). The Hall–Kier alpha value is -4.21. The number of piperidine rings is 1. The number of imidazole rings is 1. The van der Waals surface area contributed by atoms with Gasteiger partial charge in [0.25, 0.3) is 5.56 Å². The van der Waals surface area contributed by atoms with Gasteiger partial charge in [-0.05, 0) is 57.4 Å². The van der Waals surface area contributed by atoms with Crippen molar-refractivity contribution < 1.29 is 0 Å². The molecule has 5 aromatic rings. The molecule has 202 valence electrons. The molecule has 0 atom stereocenters. The molecule has 0 N–H and O–H groups in total. The predicted molar refractivity (Wildman–Crippen MR) is 154 cm³/mol. The van der Waals surface area contributed by atoms with Gasteiger partial charge < -0.3 is 4.90 Å². The first-order chi connectivity index (χ1) is 18.8. The van der Waals surface area contributed by atoms with Crippen molar-refractivity contribution in [2.45, 2.75) is 59.2 Å². The molecular formula is C29H33N7O3. The molecule has 0 bridgehead atoms. The van der Waals surface area contributed by atoms with Crippen LogP contribution < -0.4 is 21.8 Å². The molecule has 10 nitrogen and oxygen atoms in total. The van der Waals surface area contributed by atoms with Crippen molar-refractivity contribution >= 4 is 38.7 Å². The Balaban J connectivity index is 1.37. The number of hydrogen-bond acceptors (Lipinski definition) is 6. The van der Waals surface area contributed by atoms with Crippen LogP contribution in [0.5, 0.6) is 0 Å². The molecule has 0 amide bonds. The summed E-state index contributed by atoms with van der Waals surface area (Å²) < 4.78 is 6.65. The largest absolute Gasteiger partial charge is 0.356 e. The molecule has 1 saturated heterocycles. The van der Waals surface area contributed by atoms with Crippen molar-refractivity contribution in [1.82, 2.24) is 28.2 Å². The third-order valence-electron chi connectivity index (χ3n) is 8.10. The number of aromatic nitrogens is 6. The van der Waals surface area contributed by atoms with E-state index in [2.05, 4.69) is 21.8 Å². The van der Waals surface area contributed by atoms with Crippen molar-refractivity contribution in [3.05, 3.63) is 73.5 Å². The lowest BCUT2D eigenvalue weighted by molar-refractivity contribution is 0.371. The van der Waals surface area contributed by atoms with Crippen molar-refractivity contribution in [3.8, 4) is 0 Å². The zero-order chi connectivity index (χ0) is 27.4. The SMILES string of the molecule is CCCn1c(=O)n(CC)c2cc3ncnc(N4CCC(n5c(=O)c6cc(C)ccc6n(C)c5=O)CC4)c3cc21. The van der Waals surface area contributed by atoms with E-state index in [-0.39, 0.29) is 23.0 Å². The highest BCUT2D eigenvalue weighted by atomic mass is 16.2. The quantitative estimate of drug-likeness (QED) is 0.348. The Labute approximate surface area is 224 Å². The van der Waals surface area contributed by atoms with Crippen LogP contribution in [0, 0.1) is 6.92 Å². The fraction of sp³-hybridized carbons (Fsp3) is 0.414. The lowest BCUT2D eigenvalue weighted by atomic mass is 10.0. The van der Waals surface area contributed by atoms with Crippen molar-refractivity contribution in [2.75, 3.05) is 18.0 Å². The highest BCUT2D eigenvalue weighted by Gasteiger charge is 2.27. The molecular weight excluding hydrogens is 494 g/mol. The van der Waals surface area contributed by atoms with Gasteiger partial charge in [-0.3, -0.25) is 23.1 Å². The number of rotatable bonds is 5. The molecule has 0 saturated carbocycles. The molecule has 2 aromatic carbocycles. The van der Waals surface area contributed by atoms with E-state index >= 15 is 0 Å². The Morgan fingerprint density at radius 3 is 2.33 bits per heavy atom. The number of anilines is 1. The first kappa shape index (κ1) is 25.1. The number of fused-ring (bicyclic) bond motifs is 3. The number of nitrogens with zero attached hydrogens (tertiary/aromatic N) is 7. The van der Waals surface area contributed by atoms with Crippen molar-refractivity contribution in [2.24, 2.45) is 7.05 Å². The highest BCUT2D eigenvalue weighted by Crippen LogP contribution is 2.31. The molecule has 0 spiro atoms. The molecule has 0 aliphatic carbocycles. The summed E-state index contributed by atoms with van der Waals surface area (Å²) in [5.41, 5.74) is 3.71. The maximum absolute atomic E-state index is 13.4. The zero-order valence-electron chi connectivity index (χ0n) is 22.8. The van der Waals surface area contributed by atoms with E-state index in [1.807, 2.05) is 48.7 Å². The van der Waals surface area contributed by atoms with Crippen molar-refractivity contribution in [1.29, 1.82) is 0 Å². The fourth-order valence-electron chi connectivity index (χ4n) is 6.10. The van der Waals surface area contributed by atoms with Crippen LogP contribution in [0.4, 0.5) is 5.82 Å². The van der Waals surface area contributed by atoms with E-state index < -0.39 is 0 Å². The lowest BCUT2D eigenvalue weighted by Crippen LogP contribution is -2.45. The molecule has 0 unspecified atom stereocenters. The monoisotopic (exact) mass is 527 g/mol. The van der Waals surface area contributed by atoms with Crippen molar-refractivity contribution in [3.63, 3.8) is 0 Å². The number of hydrogen-bond donors (Lipinski definition) is 0. The smallest absolute Gasteiger partial charge is 0.331 e. The fourth-order valence-corrected chi connectivity index (χ4v) is 6.10.